The van der Waals surface area contributed by atoms with E-state index in [-0.39, 0.29) is 0 Å². The first-order chi connectivity index (χ1) is 8.13. The zero-order valence-electron chi connectivity index (χ0n) is 10.2. The molecule has 0 aliphatic carbocycles. The predicted molar refractivity (Wildman–Crippen MR) is 70.7 cm³/mol. The summed E-state index contributed by atoms with van der Waals surface area (Å²) in [5, 5.41) is 17.2. The molecule has 3 heterocycles. The highest BCUT2D eigenvalue weighted by Crippen LogP contribution is 2.38. The van der Waals surface area contributed by atoms with Crippen LogP contribution >= 0.6 is 11.3 Å². The summed E-state index contributed by atoms with van der Waals surface area (Å²) in [6.45, 7) is 4.07. The van der Waals surface area contributed by atoms with Crippen molar-refractivity contribution in [2.24, 2.45) is 7.05 Å². The summed E-state index contributed by atoms with van der Waals surface area (Å²) in [6, 6.07) is 0. The molecule has 0 radical (unpaired) electrons. The van der Waals surface area contributed by atoms with E-state index >= 15 is 0 Å². The highest BCUT2D eigenvalue weighted by Gasteiger charge is 2.17. The van der Waals surface area contributed by atoms with Gasteiger partial charge >= 0.3 is 0 Å². The van der Waals surface area contributed by atoms with Crippen LogP contribution in [0.25, 0.3) is 20.4 Å². The van der Waals surface area contributed by atoms with E-state index in [1.165, 1.54) is 10.9 Å². The van der Waals surface area contributed by atoms with Crippen LogP contribution in [0.4, 0.5) is 5.82 Å². The molecule has 0 aliphatic heterocycles. The van der Waals surface area contributed by atoms with Gasteiger partial charge in [-0.3, -0.25) is 4.68 Å². The fraction of sp³-hybridized carbons (Fsp3) is 0.364. The molecule has 0 fully saturated rings. The molecule has 0 atom stereocenters. The first-order valence-corrected chi connectivity index (χ1v) is 6.22. The zero-order chi connectivity index (χ0) is 12.2. The van der Waals surface area contributed by atoms with Crippen LogP contribution in [0.1, 0.15) is 11.3 Å². The Morgan fingerprint density at radius 1 is 1.24 bits per heavy atom. The molecule has 1 N–H and O–H groups in total. The molecule has 88 valence electrons. The predicted octanol–water partition coefficient (Wildman–Crippen LogP) is 2.24. The number of aryl methyl sites for hydroxylation is 3. The maximum absolute atomic E-state index is 4.46. The number of nitrogens with one attached hydrogen (secondary N) is 1. The molecule has 0 spiro atoms. The molecule has 5 nitrogen and oxygen atoms in total. The number of hydrogen-bond donors (Lipinski definition) is 1. The van der Waals surface area contributed by atoms with E-state index in [0.29, 0.717) is 0 Å². The van der Waals surface area contributed by atoms with E-state index < -0.39 is 0 Å². The summed E-state index contributed by atoms with van der Waals surface area (Å²) >= 11 is 1.64. The molecule has 0 saturated heterocycles. The van der Waals surface area contributed by atoms with Crippen molar-refractivity contribution in [1.29, 1.82) is 0 Å². The molecule has 0 aromatic carbocycles. The third-order valence-corrected chi connectivity index (χ3v) is 4.17. The SMILES string of the molecule is CNc1nn(C)c2c1sc1nnc(C)c(C)c12. The lowest BCUT2D eigenvalue weighted by atomic mass is 10.1. The minimum absolute atomic E-state index is 0.905. The van der Waals surface area contributed by atoms with E-state index in [9.17, 15) is 0 Å². The number of fused-ring (bicyclic) bond motifs is 3. The highest BCUT2D eigenvalue weighted by atomic mass is 32.1. The van der Waals surface area contributed by atoms with Gasteiger partial charge in [-0.1, -0.05) is 0 Å². The van der Waals surface area contributed by atoms with Crippen LogP contribution in [0, 0.1) is 13.8 Å². The van der Waals surface area contributed by atoms with Crippen molar-refractivity contribution in [3.05, 3.63) is 11.3 Å². The zero-order valence-corrected chi connectivity index (χ0v) is 11.0. The molecule has 3 aromatic rings. The van der Waals surface area contributed by atoms with Crippen molar-refractivity contribution in [3.8, 4) is 0 Å². The van der Waals surface area contributed by atoms with Crippen LogP contribution in [0.15, 0.2) is 0 Å². The Kier molecular flexibility index (Phi) is 2.09. The minimum Gasteiger partial charge on any atom is -0.370 e. The Morgan fingerprint density at radius 3 is 2.71 bits per heavy atom. The average Bonchev–Trinajstić information content (AvgIpc) is 2.82. The Morgan fingerprint density at radius 2 is 2.00 bits per heavy atom. The van der Waals surface area contributed by atoms with Crippen LogP contribution in [-0.4, -0.2) is 27.0 Å². The van der Waals surface area contributed by atoms with E-state index in [0.717, 1.165) is 26.6 Å². The molecular formula is C11H13N5S. The smallest absolute Gasteiger partial charge is 0.165 e. The fourth-order valence-corrected chi connectivity index (χ4v) is 3.27. The Bertz CT molecular complexity index is 724. The largest absolute Gasteiger partial charge is 0.370 e. The lowest BCUT2D eigenvalue weighted by Gasteiger charge is -2.00. The third kappa shape index (κ3) is 1.27. The molecule has 17 heavy (non-hydrogen) atoms. The maximum atomic E-state index is 4.46. The molecule has 0 saturated carbocycles. The first kappa shape index (κ1) is 10.5. The van der Waals surface area contributed by atoms with Gasteiger partial charge in [0.15, 0.2) is 5.82 Å². The number of anilines is 1. The summed E-state index contributed by atoms with van der Waals surface area (Å²) < 4.78 is 3.06. The lowest BCUT2D eigenvalue weighted by Crippen LogP contribution is -1.95. The third-order valence-electron chi connectivity index (χ3n) is 3.10. The van der Waals surface area contributed by atoms with Crippen molar-refractivity contribution < 1.29 is 0 Å². The van der Waals surface area contributed by atoms with Gasteiger partial charge < -0.3 is 5.32 Å². The normalized spacial score (nSPS) is 11.5. The van der Waals surface area contributed by atoms with Crippen molar-refractivity contribution in [2.75, 3.05) is 12.4 Å². The molecule has 0 bridgehead atoms. The Labute approximate surface area is 102 Å². The van der Waals surface area contributed by atoms with Crippen molar-refractivity contribution in [3.63, 3.8) is 0 Å². The summed E-state index contributed by atoms with van der Waals surface area (Å²) in [6.07, 6.45) is 0. The molecule has 3 rings (SSSR count). The van der Waals surface area contributed by atoms with Crippen molar-refractivity contribution >= 4 is 37.6 Å². The summed E-state index contributed by atoms with van der Waals surface area (Å²) in [7, 11) is 3.85. The van der Waals surface area contributed by atoms with Crippen LogP contribution in [-0.2, 0) is 7.05 Å². The first-order valence-electron chi connectivity index (χ1n) is 5.40. The lowest BCUT2D eigenvalue weighted by molar-refractivity contribution is 0.802. The quantitative estimate of drug-likeness (QED) is 0.716. The van der Waals surface area contributed by atoms with Crippen molar-refractivity contribution in [2.45, 2.75) is 13.8 Å². The van der Waals surface area contributed by atoms with Crippen LogP contribution in [0.2, 0.25) is 0 Å². The molecule has 0 aliphatic rings. The van der Waals surface area contributed by atoms with Gasteiger partial charge in [-0.15, -0.1) is 16.4 Å². The second-order valence-corrected chi connectivity index (χ2v) is 5.09. The second kappa shape index (κ2) is 3.40. The van der Waals surface area contributed by atoms with E-state index in [4.69, 9.17) is 0 Å². The minimum atomic E-state index is 0.905. The molecule has 0 amide bonds. The molecule has 3 aromatic heterocycles. The van der Waals surface area contributed by atoms with E-state index in [2.05, 4.69) is 27.5 Å². The Balaban J connectivity index is 2.58. The van der Waals surface area contributed by atoms with Gasteiger partial charge in [0.2, 0.25) is 0 Å². The van der Waals surface area contributed by atoms with Gasteiger partial charge in [-0.05, 0) is 19.4 Å². The van der Waals surface area contributed by atoms with Gasteiger partial charge in [0.25, 0.3) is 0 Å². The van der Waals surface area contributed by atoms with Gasteiger partial charge in [0.1, 0.15) is 4.83 Å². The number of rotatable bonds is 1. The fourth-order valence-electron chi connectivity index (χ4n) is 2.07. The summed E-state index contributed by atoms with van der Waals surface area (Å²) in [5.41, 5.74) is 3.31. The van der Waals surface area contributed by atoms with Crippen LogP contribution in [0.3, 0.4) is 0 Å². The van der Waals surface area contributed by atoms with Gasteiger partial charge in [0.05, 0.1) is 15.9 Å². The van der Waals surface area contributed by atoms with Gasteiger partial charge in [0, 0.05) is 19.5 Å². The van der Waals surface area contributed by atoms with Crippen LogP contribution in [0.5, 0.6) is 0 Å². The van der Waals surface area contributed by atoms with E-state index in [1.54, 1.807) is 11.3 Å². The molecule has 6 heteroatoms. The highest BCUT2D eigenvalue weighted by molar-refractivity contribution is 7.26. The summed E-state index contributed by atoms with van der Waals surface area (Å²) in [4.78, 5) is 0.979. The summed E-state index contributed by atoms with van der Waals surface area (Å²) in [5.74, 6) is 0.905. The van der Waals surface area contributed by atoms with Crippen LogP contribution < -0.4 is 5.32 Å². The van der Waals surface area contributed by atoms with Gasteiger partial charge in [-0.25, -0.2) is 0 Å². The number of hydrogen-bond acceptors (Lipinski definition) is 5. The number of aromatic nitrogens is 4. The average molecular weight is 247 g/mol. The molecular weight excluding hydrogens is 234 g/mol. The maximum Gasteiger partial charge on any atom is 0.165 e. The number of thiophene rings is 1. The standard InChI is InChI=1S/C11H13N5S/c1-5-6(2)13-14-11-7(5)8-9(17-11)10(12-3)15-16(8)4/h1-4H3,(H,12,15). The van der Waals surface area contributed by atoms with Gasteiger partial charge in [-0.2, -0.15) is 10.2 Å². The Hall–Kier alpha value is -1.69. The van der Waals surface area contributed by atoms with E-state index in [1.807, 2.05) is 25.7 Å². The van der Waals surface area contributed by atoms with Crippen molar-refractivity contribution in [1.82, 2.24) is 20.0 Å². The monoisotopic (exact) mass is 247 g/mol. The number of nitrogens with zero attached hydrogens (tertiary/aromatic N) is 4. The topological polar surface area (TPSA) is 55.6 Å². The molecule has 0 unspecified atom stereocenters. The second-order valence-electron chi connectivity index (χ2n) is 4.09.